The maximum atomic E-state index is 12.7. The van der Waals surface area contributed by atoms with Gasteiger partial charge in [0.05, 0.1) is 0 Å². The van der Waals surface area contributed by atoms with Gasteiger partial charge >= 0.3 is 0 Å². The highest BCUT2D eigenvalue weighted by molar-refractivity contribution is 5.95. The predicted octanol–water partition coefficient (Wildman–Crippen LogP) is 6.17. The maximum Gasteiger partial charge on any atom is 0.158 e. The Labute approximate surface area is 170 Å². The molecule has 0 aromatic carbocycles. The first-order chi connectivity index (χ1) is 13.0. The van der Waals surface area contributed by atoms with Gasteiger partial charge in [-0.25, -0.2) is 0 Å². The molecule has 2 heteroatoms. The molecule has 0 saturated heterocycles. The number of ketones is 2. The van der Waals surface area contributed by atoms with Crippen LogP contribution in [0.3, 0.4) is 0 Å². The molecule has 0 aromatic heterocycles. The Kier molecular flexibility index (Phi) is 5.29. The third-order valence-electron chi connectivity index (χ3n) is 7.06. The van der Waals surface area contributed by atoms with Crippen molar-refractivity contribution in [3.05, 3.63) is 59.3 Å². The van der Waals surface area contributed by atoms with Crippen molar-refractivity contribution >= 4 is 11.6 Å². The molecule has 0 heterocycles. The molecular formula is C26H34O2. The summed E-state index contributed by atoms with van der Waals surface area (Å²) in [4.78, 5) is 24.3. The van der Waals surface area contributed by atoms with Crippen LogP contribution in [-0.2, 0) is 9.59 Å². The Morgan fingerprint density at radius 3 is 2.54 bits per heavy atom. The fourth-order valence-corrected chi connectivity index (χ4v) is 6.72. The summed E-state index contributed by atoms with van der Waals surface area (Å²) in [5.74, 6) is 0.870. The van der Waals surface area contributed by atoms with Gasteiger partial charge in [0, 0.05) is 36.0 Å². The van der Waals surface area contributed by atoms with Crippen LogP contribution in [0.1, 0.15) is 60.8 Å². The van der Waals surface area contributed by atoms with Crippen molar-refractivity contribution in [3.63, 3.8) is 0 Å². The van der Waals surface area contributed by atoms with Crippen molar-refractivity contribution in [1.29, 1.82) is 0 Å². The Morgan fingerprint density at radius 2 is 1.96 bits per heavy atom. The molecule has 5 unspecified atom stereocenters. The van der Waals surface area contributed by atoms with E-state index in [1.54, 1.807) is 6.08 Å². The molecule has 0 spiro atoms. The quantitative estimate of drug-likeness (QED) is 0.423. The van der Waals surface area contributed by atoms with E-state index in [1.807, 2.05) is 13.0 Å². The number of fused-ring (bicyclic) bond motifs is 2. The minimum absolute atomic E-state index is 0.0837. The van der Waals surface area contributed by atoms with Crippen LogP contribution in [0.5, 0.6) is 0 Å². The van der Waals surface area contributed by atoms with E-state index in [9.17, 15) is 9.59 Å². The van der Waals surface area contributed by atoms with Gasteiger partial charge < -0.3 is 0 Å². The van der Waals surface area contributed by atoms with E-state index in [0.29, 0.717) is 12.8 Å². The molecule has 150 valence electrons. The second kappa shape index (κ2) is 7.13. The van der Waals surface area contributed by atoms with Crippen LogP contribution in [0.15, 0.2) is 59.3 Å². The maximum absolute atomic E-state index is 12.7. The molecule has 28 heavy (non-hydrogen) atoms. The summed E-state index contributed by atoms with van der Waals surface area (Å²) < 4.78 is 0. The van der Waals surface area contributed by atoms with Gasteiger partial charge in [0.15, 0.2) is 11.6 Å². The van der Waals surface area contributed by atoms with E-state index in [4.69, 9.17) is 0 Å². The minimum Gasteiger partial charge on any atom is -0.295 e. The third-order valence-corrected chi connectivity index (χ3v) is 7.06. The molecule has 3 rings (SSSR count). The molecule has 0 radical (unpaired) electrons. The molecule has 0 amide bonds. The van der Waals surface area contributed by atoms with Crippen molar-refractivity contribution in [2.75, 3.05) is 0 Å². The number of hydrogen-bond acceptors (Lipinski definition) is 2. The lowest BCUT2D eigenvalue weighted by atomic mass is 9.46. The first-order valence-electron chi connectivity index (χ1n) is 10.5. The molecule has 5 atom stereocenters. The predicted molar refractivity (Wildman–Crippen MR) is 116 cm³/mol. The van der Waals surface area contributed by atoms with Crippen molar-refractivity contribution in [2.24, 2.45) is 28.6 Å². The minimum atomic E-state index is -0.190. The fraction of sp³-hybridized carbons (Fsp3) is 0.538. The second-order valence-electron chi connectivity index (χ2n) is 9.70. The molecule has 0 aromatic rings. The zero-order valence-electron chi connectivity index (χ0n) is 18.3. The van der Waals surface area contributed by atoms with Crippen molar-refractivity contribution in [3.8, 4) is 0 Å². The average Bonchev–Trinajstić information content (AvgIpc) is 2.96. The van der Waals surface area contributed by atoms with E-state index < -0.39 is 0 Å². The lowest BCUT2D eigenvalue weighted by Crippen LogP contribution is -2.51. The normalized spacial score (nSPS) is 37.6. The third kappa shape index (κ3) is 3.32. The van der Waals surface area contributed by atoms with Gasteiger partial charge in [0.1, 0.15) is 0 Å². The summed E-state index contributed by atoms with van der Waals surface area (Å²) in [6, 6.07) is 0. The van der Waals surface area contributed by atoms with Gasteiger partial charge in [0.25, 0.3) is 0 Å². The highest BCUT2D eigenvalue weighted by Gasteiger charge is 2.56. The summed E-state index contributed by atoms with van der Waals surface area (Å²) in [7, 11) is 0. The largest absolute Gasteiger partial charge is 0.295 e. The highest BCUT2D eigenvalue weighted by atomic mass is 16.1. The smallest absolute Gasteiger partial charge is 0.158 e. The number of carbonyl (C=O) groups excluding carboxylic acids is 2. The van der Waals surface area contributed by atoms with Gasteiger partial charge in [-0.1, -0.05) is 68.4 Å². The molecule has 3 aliphatic carbocycles. The van der Waals surface area contributed by atoms with E-state index in [0.717, 1.165) is 12.0 Å². The van der Waals surface area contributed by atoms with Crippen LogP contribution in [0.4, 0.5) is 0 Å². The number of Topliss-reactive ketones (excluding diaryl/α,β-unsaturated/α-hetero) is 1. The van der Waals surface area contributed by atoms with Crippen LogP contribution in [0.2, 0.25) is 0 Å². The lowest BCUT2D eigenvalue weighted by molar-refractivity contribution is -0.117. The molecule has 0 aliphatic heterocycles. The monoisotopic (exact) mass is 378 g/mol. The summed E-state index contributed by atoms with van der Waals surface area (Å²) in [5.41, 5.74) is 4.54. The van der Waals surface area contributed by atoms with Crippen molar-refractivity contribution in [2.45, 2.75) is 60.8 Å². The Morgan fingerprint density at radius 1 is 1.29 bits per heavy atom. The number of rotatable bonds is 5. The Bertz CT molecular complexity index is 850. The number of allylic oxidation sites excluding steroid dienone is 9. The van der Waals surface area contributed by atoms with Crippen LogP contribution in [0.25, 0.3) is 0 Å². The van der Waals surface area contributed by atoms with Crippen LogP contribution in [0, 0.1) is 28.6 Å². The topological polar surface area (TPSA) is 34.1 Å². The lowest BCUT2D eigenvalue weighted by Gasteiger charge is -2.57. The Hall–Kier alpha value is -1.96. The fourth-order valence-electron chi connectivity index (χ4n) is 6.72. The van der Waals surface area contributed by atoms with Gasteiger partial charge in [-0.15, -0.1) is 0 Å². The zero-order chi connectivity index (χ0) is 20.9. The SMILES string of the molecule is C=C(C(=O)CC)C1C2(C)C=C(C)C(C(C)=CC3C=CC(=O)C3)C1(C)C=C(C)C2. The van der Waals surface area contributed by atoms with Gasteiger partial charge in [0.2, 0.25) is 0 Å². The summed E-state index contributed by atoms with van der Waals surface area (Å²) in [6.07, 6.45) is 12.8. The molecule has 0 saturated carbocycles. The molecule has 2 nitrogen and oxygen atoms in total. The number of hydrogen-bond donors (Lipinski definition) is 0. The molecule has 0 fully saturated rings. The average molecular weight is 379 g/mol. The van der Waals surface area contributed by atoms with Crippen molar-refractivity contribution < 1.29 is 9.59 Å². The van der Waals surface area contributed by atoms with E-state index in [2.05, 4.69) is 59.4 Å². The molecule has 0 N–H and O–H groups in total. The van der Waals surface area contributed by atoms with Crippen LogP contribution >= 0.6 is 0 Å². The van der Waals surface area contributed by atoms with Crippen LogP contribution in [-0.4, -0.2) is 11.6 Å². The first-order valence-corrected chi connectivity index (χ1v) is 10.5. The van der Waals surface area contributed by atoms with E-state index in [1.165, 1.54) is 16.7 Å². The Balaban J connectivity index is 2.12. The second-order valence-corrected chi connectivity index (χ2v) is 9.70. The van der Waals surface area contributed by atoms with Gasteiger partial charge in [-0.05, 0) is 44.3 Å². The van der Waals surface area contributed by atoms with Gasteiger partial charge in [-0.3, -0.25) is 9.59 Å². The number of carbonyl (C=O) groups is 2. The standard InChI is InChI=1S/C26H34O2/c1-8-22(28)19(5)24-25(6)13-16(2)14-26(24,7)23(18(4)15-25)17(3)11-20-9-10-21(27)12-20/h9-11,14-15,20,23-24H,5,8,12-13H2,1-4,6-7H3. The molecule has 3 aliphatic rings. The van der Waals surface area contributed by atoms with Gasteiger partial charge in [-0.2, -0.15) is 0 Å². The summed E-state index contributed by atoms with van der Waals surface area (Å²) in [6.45, 7) is 17.4. The van der Waals surface area contributed by atoms with Crippen LogP contribution < -0.4 is 0 Å². The summed E-state index contributed by atoms with van der Waals surface area (Å²) in [5, 5.41) is 0. The zero-order valence-corrected chi connectivity index (χ0v) is 18.3. The molecule has 2 bridgehead atoms. The van der Waals surface area contributed by atoms with E-state index >= 15 is 0 Å². The first kappa shape index (κ1) is 20.8. The molecular weight excluding hydrogens is 344 g/mol. The summed E-state index contributed by atoms with van der Waals surface area (Å²) >= 11 is 0. The van der Waals surface area contributed by atoms with Crippen molar-refractivity contribution in [1.82, 2.24) is 0 Å². The highest BCUT2D eigenvalue weighted by Crippen LogP contribution is 2.63. The van der Waals surface area contributed by atoms with E-state index in [-0.39, 0.29) is 40.2 Å².